The van der Waals surface area contributed by atoms with E-state index in [-0.39, 0.29) is 11.8 Å². The molecule has 0 saturated carbocycles. The average molecular weight is 265 g/mol. The fourth-order valence-electron chi connectivity index (χ4n) is 2.52. The van der Waals surface area contributed by atoms with Gasteiger partial charge < -0.3 is 14.8 Å². The smallest absolute Gasteiger partial charge is 0.225 e. The fraction of sp³-hybridized carbons (Fsp3) is 0.692. The number of carbonyl (C=O) groups is 1. The zero-order chi connectivity index (χ0) is 13.8. The van der Waals surface area contributed by atoms with Crippen molar-refractivity contribution >= 4 is 5.91 Å². The maximum atomic E-state index is 11.9. The molecule has 0 unspecified atom stereocenters. The van der Waals surface area contributed by atoms with Crippen molar-refractivity contribution in [2.75, 3.05) is 40.3 Å². The van der Waals surface area contributed by atoms with E-state index in [1.807, 2.05) is 24.1 Å². The second-order valence-corrected chi connectivity index (χ2v) is 5.30. The first-order valence-corrected chi connectivity index (χ1v) is 6.68. The predicted octanol–water partition coefficient (Wildman–Crippen LogP) is -0.470. The van der Waals surface area contributed by atoms with Crippen LogP contribution in [-0.2, 0) is 18.4 Å². The first-order valence-electron chi connectivity index (χ1n) is 6.68. The minimum atomic E-state index is 0.0331. The summed E-state index contributed by atoms with van der Waals surface area (Å²) in [5, 5.41) is 2.76. The summed E-state index contributed by atoms with van der Waals surface area (Å²) in [7, 11) is 5.78. The molecule has 19 heavy (non-hydrogen) atoms. The summed E-state index contributed by atoms with van der Waals surface area (Å²) in [6.07, 6.45) is 3.71. The van der Waals surface area contributed by atoms with Crippen LogP contribution in [0.1, 0.15) is 5.69 Å². The summed E-state index contributed by atoms with van der Waals surface area (Å²) in [5.41, 5.74) is 1.18. The van der Waals surface area contributed by atoms with Crippen molar-refractivity contribution in [3.05, 3.63) is 18.2 Å². The summed E-state index contributed by atoms with van der Waals surface area (Å²) in [6, 6.07) is 0. The molecule has 0 aliphatic carbocycles. The lowest BCUT2D eigenvalue weighted by Crippen LogP contribution is -2.39. The van der Waals surface area contributed by atoms with E-state index in [2.05, 4.69) is 27.1 Å². The number of hydrogen-bond donors (Lipinski definition) is 1. The zero-order valence-corrected chi connectivity index (χ0v) is 12.0. The van der Waals surface area contributed by atoms with Crippen molar-refractivity contribution in [3.63, 3.8) is 0 Å². The minimum absolute atomic E-state index is 0.0331. The third-order valence-electron chi connectivity index (χ3n) is 3.73. The van der Waals surface area contributed by atoms with Crippen LogP contribution in [0.5, 0.6) is 0 Å². The summed E-state index contributed by atoms with van der Waals surface area (Å²) in [4.78, 5) is 20.6. The first kappa shape index (κ1) is 14.0. The second kappa shape index (κ2) is 6.16. The normalized spacial score (nSPS) is 22.2. The van der Waals surface area contributed by atoms with Crippen LogP contribution in [0.15, 0.2) is 12.5 Å². The van der Waals surface area contributed by atoms with Crippen LogP contribution in [-0.4, -0.2) is 65.5 Å². The number of aryl methyl sites for hydroxylation is 1. The van der Waals surface area contributed by atoms with E-state index in [1.54, 1.807) is 7.05 Å². The zero-order valence-electron chi connectivity index (χ0n) is 12.0. The van der Waals surface area contributed by atoms with Crippen molar-refractivity contribution in [1.29, 1.82) is 0 Å². The maximum absolute atomic E-state index is 11.9. The molecule has 1 atom stereocenters. The molecular weight excluding hydrogens is 242 g/mol. The van der Waals surface area contributed by atoms with E-state index in [4.69, 9.17) is 0 Å². The molecule has 6 heteroatoms. The number of amides is 1. The molecule has 6 nitrogen and oxygen atoms in total. The Balaban J connectivity index is 2.04. The highest BCUT2D eigenvalue weighted by Gasteiger charge is 2.26. The Bertz CT molecular complexity index is 430. The molecule has 0 spiro atoms. The SMILES string of the molecule is CNC(=O)[C@@H]1CN(C)CCN(Cc2cncn2C)C1. The van der Waals surface area contributed by atoms with Crippen LogP contribution in [0, 0.1) is 5.92 Å². The Hall–Kier alpha value is -1.40. The van der Waals surface area contributed by atoms with Crippen LogP contribution in [0.4, 0.5) is 0 Å². The van der Waals surface area contributed by atoms with E-state index >= 15 is 0 Å². The highest BCUT2D eigenvalue weighted by molar-refractivity contribution is 5.78. The van der Waals surface area contributed by atoms with Crippen LogP contribution in [0.25, 0.3) is 0 Å². The van der Waals surface area contributed by atoms with Gasteiger partial charge in [0, 0.05) is 53.0 Å². The van der Waals surface area contributed by atoms with Crippen LogP contribution in [0.2, 0.25) is 0 Å². The van der Waals surface area contributed by atoms with Crippen LogP contribution in [0.3, 0.4) is 0 Å². The van der Waals surface area contributed by atoms with Gasteiger partial charge in [0.25, 0.3) is 0 Å². The van der Waals surface area contributed by atoms with E-state index in [1.165, 1.54) is 5.69 Å². The van der Waals surface area contributed by atoms with Gasteiger partial charge in [0.05, 0.1) is 17.9 Å². The Morgan fingerprint density at radius 1 is 1.42 bits per heavy atom. The summed E-state index contributed by atoms with van der Waals surface area (Å²) in [5.74, 6) is 0.162. The number of hydrogen-bond acceptors (Lipinski definition) is 4. The molecule has 0 bridgehead atoms. The molecule has 1 aliphatic rings. The highest BCUT2D eigenvalue weighted by Crippen LogP contribution is 2.12. The van der Waals surface area contributed by atoms with Crippen LogP contribution >= 0.6 is 0 Å². The Morgan fingerprint density at radius 3 is 2.84 bits per heavy atom. The molecule has 1 amide bonds. The third kappa shape index (κ3) is 3.54. The van der Waals surface area contributed by atoms with E-state index in [9.17, 15) is 4.79 Å². The fourth-order valence-corrected chi connectivity index (χ4v) is 2.52. The molecule has 0 radical (unpaired) electrons. The van der Waals surface area contributed by atoms with Gasteiger partial charge in [-0.3, -0.25) is 9.69 Å². The van der Waals surface area contributed by atoms with E-state index in [0.29, 0.717) is 0 Å². The van der Waals surface area contributed by atoms with Gasteiger partial charge in [-0.2, -0.15) is 0 Å². The molecule has 1 saturated heterocycles. The minimum Gasteiger partial charge on any atom is -0.359 e. The molecule has 1 fully saturated rings. The Morgan fingerprint density at radius 2 is 2.21 bits per heavy atom. The largest absolute Gasteiger partial charge is 0.359 e. The number of aromatic nitrogens is 2. The lowest BCUT2D eigenvalue weighted by molar-refractivity contribution is -0.125. The van der Waals surface area contributed by atoms with Gasteiger partial charge in [0.2, 0.25) is 5.91 Å². The van der Waals surface area contributed by atoms with Gasteiger partial charge in [-0.1, -0.05) is 0 Å². The molecule has 2 heterocycles. The van der Waals surface area contributed by atoms with Gasteiger partial charge >= 0.3 is 0 Å². The number of carbonyl (C=O) groups excluding carboxylic acids is 1. The quantitative estimate of drug-likeness (QED) is 0.803. The molecule has 1 aromatic heterocycles. The maximum Gasteiger partial charge on any atom is 0.225 e. The monoisotopic (exact) mass is 265 g/mol. The molecule has 1 N–H and O–H groups in total. The molecular formula is C13H23N5O. The van der Waals surface area contributed by atoms with Gasteiger partial charge in [-0.05, 0) is 7.05 Å². The summed E-state index contributed by atoms with van der Waals surface area (Å²) >= 11 is 0. The Labute approximate surface area is 114 Å². The molecule has 1 aliphatic heterocycles. The van der Waals surface area contributed by atoms with Crippen molar-refractivity contribution in [2.24, 2.45) is 13.0 Å². The van der Waals surface area contributed by atoms with Crippen molar-refractivity contribution in [3.8, 4) is 0 Å². The third-order valence-corrected chi connectivity index (χ3v) is 3.73. The summed E-state index contributed by atoms with van der Waals surface area (Å²) < 4.78 is 2.03. The topological polar surface area (TPSA) is 53.4 Å². The lowest BCUT2D eigenvalue weighted by Gasteiger charge is -2.22. The standard InChI is InChI=1S/C13H23N5O/c1-14-13(19)11-7-16(2)4-5-18(8-11)9-12-6-15-10-17(12)3/h6,10-11H,4-5,7-9H2,1-3H3,(H,14,19)/t11-/m1/s1. The second-order valence-electron chi connectivity index (χ2n) is 5.30. The van der Waals surface area contributed by atoms with Gasteiger partial charge in [0.1, 0.15) is 0 Å². The van der Waals surface area contributed by atoms with Gasteiger partial charge in [0.15, 0.2) is 0 Å². The number of nitrogens with zero attached hydrogens (tertiary/aromatic N) is 4. The first-order chi connectivity index (χ1) is 9.10. The Kier molecular flexibility index (Phi) is 4.55. The van der Waals surface area contributed by atoms with Gasteiger partial charge in [-0.25, -0.2) is 4.98 Å². The number of imidazole rings is 1. The molecule has 2 rings (SSSR count). The van der Waals surface area contributed by atoms with E-state index < -0.39 is 0 Å². The molecule has 0 aromatic carbocycles. The van der Waals surface area contributed by atoms with Crippen LogP contribution < -0.4 is 5.32 Å². The molecule has 1 aromatic rings. The predicted molar refractivity (Wildman–Crippen MR) is 73.5 cm³/mol. The number of rotatable bonds is 3. The van der Waals surface area contributed by atoms with E-state index in [0.717, 1.165) is 32.7 Å². The molecule has 106 valence electrons. The van der Waals surface area contributed by atoms with Crippen molar-refractivity contribution in [1.82, 2.24) is 24.7 Å². The van der Waals surface area contributed by atoms with Gasteiger partial charge in [-0.15, -0.1) is 0 Å². The van der Waals surface area contributed by atoms with Crippen molar-refractivity contribution in [2.45, 2.75) is 6.54 Å². The average Bonchev–Trinajstić information content (AvgIpc) is 2.69. The number of likely N-dealkylation sites (N-methyl/N-ethyl adjacent to an activating group) is 1. The number of nitrogens with one attached hydrogen (secondary N) is 1. The highest BCUT2D eigenvalue weighted by atomic mass is 16.1. The summed E-state index contributed by atoms with van der Waals surface area (Å²) in [6.45, 7) is 4.44. The van der Waals surface area contributed by atoms with Crippen molar-refractivity contribution < 1.29 is 4.79 Å². The lowest BCUT2D eigenvalue weighted by atomic mass is 10.1.